The zero-order chi connectivity index (χ0) is 12.3. The first kappa shape index (κ1) is 15.7. The number of fused-ring (bicyclic) bond motifs is 1. The molecule has 0 aromatic rings. The summed E-state index contributed by atoms with van der Waals surface area (Å²) in [6, 6.07) is 0.506. The highest BCUT2D eigenvalue weighted by molar-refractivity contribution is 5.85. The third kappa shape index (κ3) is 3.37. The number of carbonyl (C=O) groups excluding carboxylic acids is 1. The molecule has 4 nitrogen and oxygen atoms in total. The van der Waals surface area contributed by atoms with Crippen molar-refractivity contribution in [1.29, 1.82) is 0 Å². The third-order valence-corrected chi connectivity index (χ3v) is 4.31. The van der Waals surface area contributed by atoms with Crippen LogP contribution in [-0.4, -0.2) is 43.2 Å². The summed E-state index contributed by atoms with van der Waals surface area (Å²) in [6.45, 7) is 1.35. The van der Waals surface area contributed by atoms with Gasteiger partial charge in [0.1, 0.15) is 0 Å². The van der Waals surface area contributed by atoms with Gasteiger partial charge in [-0.15, -0.1) is 12.4 Å². The van der Waals surface area contributed by atoms with E-state index < -0.39 is 0 Å². The number of amides is 1. The highest BCUT2D eigenvalue weighted by Gasteiger charge is 2.37. The molecule has 106 valence electrons. The molecule has 0 aromatic heterocycles. The highest BCUT2D eigenvalue weighted by Crippen LogP contribution is 2.37. The van der Waals surface area contributed by atoms with Crippen molar-refractivity contribution in [3.63, 3.8) is 0 Å². The van der Waals surface area contributed by atoms with Crippen LogP contribution < -0.4 is 5.73 Å². The van der Waals surface area contributed by atoms with Crippen LogP contribution in [0.1, 0.15) is 38.5 Å². The number of carbonyl (C=O) groups is 1. The maximum absolute atomic E-state index is 12.3. The molecular formula is C13H25ClN2O2. The fraction of sp³-hybridized carbons (Fsp3) is 0.923. The first-order valence-electron chi connectivity index (χ1n) is 6.78. The van der Waals surface area contributed by atoms with Crippen LogP contribution in [0.5, 0.6) is 0 Å². The molecule has 3 atom stereocenters. The molecule has 0 aromatic carbocycles. The van der Waals surface area contributed by atoms with Gasteiger partial charge in [-0.3, -0.25) is 4.79 Å². The van der Waals surface area contributed by atoms with Crippen LogP contribution in [0.4, 0.5) is 0 Å². The van der Waals surface area contributed by atoms with E-state index in [0.717, 1.165) is 18.9 Å². The second-order valence-electron chi connectivity index (χ2n) is 5.29. The minimum Gasteiger partial charge on any atom is -0.380 e. The average Bonchev–Trinajstić information content (AvgIpc) is 2.83. The predicted octanol–water partition coefficient (Wildman–Crippen LogP) is 1.56. The Balaban J connectivity index is 0.00000162. The number of ether oxygens (including phenoxy) is 1. The lowest BCUT2D eigenvalue weighted by Gasteiger charge is -2.38. The number of rotatable bonds is 4. The minimum absolute atomic E-state index is 0. The molecule has 3 unspecified atom stereocenters. The van der Waals surface area contributed by atoms with Gasteiger partial charge in [0, 0.05) is 26.2 Å². The summed E-state index contributed by atoms with van der Waals surface area (Å²) in [5.41, 5.74) is 5.57. The first-order valence-corrected chi connectivity index (χ1v) is 6.78. The lowest BCUT2D eigenvalue weighted by molar-refractivity contribution is -0.138. The molecule has 0 bridgehead atoms. The van der Waals surface area contributed by atoms with Gasteiger partial charge in [0.2, 0.25) is 5.91 Å². The van der Waals surface area contributed by atoms with Crippen LogP contribution in [0.25, 0.3) is 0 Å². The van der Waals surface area contributed by atoms with E-state index in [1.165, 1.54) is 25.7 Å². The summed E-state index contributed by atoms with van der Waals surface area (Å²) >= 11 is 0. The SMILES string of the molecule is COC(CN)CC(=O)N1CCCC2CCCC21.Cl. The van der Waals surface area contributed by atoms with Crippen molar-refractivity contribution < 1.29 is 9.53 Å². The molecule has 0 spiro atoms. The molecule has 1 saturated carbocycles. The number of likely N-dealkylation sites (tertiary alicyclic amines) is 1. The standard InChI is InChI=1S/C13H24N2O2.ClH/c1-17-11(9-14)8-13(16)15-7-3-5-10-4-2-6-12(10)15;/h10-12H,2-9,14H2,1H3;1H. The van der Waals surface area contributed by atoms with E-state index >= 15 is 0 Å². The van der Waals surface area contributed by atoms with E-state index in [4.69, 9.17) is 10.5 Å². The van der Waals surface area contributed by atoms with Gasteiger partial charge < -0.3 is 15.4 Å². The summed E-state index contributed by atoms with van der Waals surface area (Å²) in [4.78, 5) is 14.4. The van der Waals surface area contributed by atoms with Crippen molar-refractivity contribution in [3.05, 3.63) is 0 Å². The van der Waals surface area contributed by atoms with Crippen molar-refractivity contribution in [3.8, 4) is 0 Å². The van der Waals surface area contributed by atoms with E-state index in [1.807, 2.05) is 0 Å². The van der Waals surface area contributed by atoms with Crippen molar-refractivity contribution >= 4 is 18.3 Å². The second kappa shape index (κ2) is 7.31. The van der Waals surface area contributed by atoms with E-state index in [-0.39, 0.29) is 24.4 Å². The van der Waals surface area contributed by atoms with E-state index in [0.29, 0.717) is 19.0 Å². The van der Waals surface area contributed by atoms with Gasteiger partial charge >= 0.3 is 0 Å². The van der Waals surface area contributed by atoms with E-state index in [1.54, 1.807) is 7.11 Å². The molecular weight excluding hydrogens is 252 g/mol. The summed E-state index contributed by atoms with van der Waals surface area (Å²) < 4.78 is 5.20. The van der Waals surface area contributed by atoms with Crippen LogP contribution in [-0.2, 0) is 9.53 Å². The Kier molecular flexibility index (Phi) is 6.39. The van der Waals surface area contributed by atoms with Crippen molar-refractivity contribution in [2.45, 2.75) is 50.7 Å². The number of nitrogens with two attached hydrogens (primary N) is 1. The Morgan fingerprint density at radius 2 is 2.11 bits per heavy atom. The van der Waals surface area contributed by atoms with Crippen LogP contribution in [0, 0.1) is 5.92 Å². The Bertz CT molecular complexity index is 272. The van der Waals surface area contributed by atoms with Crippen molar-refractivity contribution in [1.82, 2.24) is 4.90 Å². The number of halogens is 1. The number of piperidine rings is 1. The Morgan fingerprint density at radius 3 is 2.78 bits per heavy atom. The van der Waals surface area contributed by atoms with Crippen LogP contribution >= 0.6 is 12.4 Å². The van der Waals surface area contributed by atoms with Crippen molar-refractivity contribution in [2.24, 2.45) is 11.7 Å². The quantitative estimate of drug-likeness (QED) is 0.848. The van der Waals surface area contributed by atoms with Crippen LogP contribution in [0.3, 0.4) is 0 Å². The summed E-state index contributed by atoms with van der Waals surface area (Å²) in [7, 11) is 1.62. The van der Waals surface area contributed by atoms with Gasteiger partial charge in [0.05, 0.1) is 12.5 Å². The molecule has 2 rings (SSSR count). The van der Waals surface area contributed by atoms with Gasteiger partial charge in [-0.2, -0.15) is 0 Å². The number of methoxy groups -OCH3 is 1. The van der Waals surface area contributed by atoms with E-state index in [9.17, 15) is 4.79 Å². The fourth-order valence-corrected chi connectivity index (χ4v) is 3.34. The van der Waals surface area contributed by atoms with Crippen LogP contribution in [0.15, 0.2) is 0 Å². The lowest BCUT2D eigenvalue weighted by atomic mass is 9.91. The zero-order valence-electron chi connectivity index (χ0n) is 11.1. The monoisotopic (exact) mass is 276 g/mol. The molecule has 2 N–H and O–H groups in total. The number of nitrogens with zero attached hydrogens (tertiary/aromatic N) is 1. The Labute approximate surface area is 116 Å². The average molecular weight is 277 g/mol. The molecule has 2 fully saturated rings. The number of hydrogen-bond donors (Lipinski definition) is 1. The molecule has 1 aliphatic carbocycles. The van der Waals surface area contributed by atoms with Gasteiger partial charge in [0.25, 0.3) is 0 Å². The van der Waals surface area contributed by atoms with Crippen LogP contribution in [0.2, 0.25) is 0 Å². The fourth-order valence-electron chi connectivity index (χ4n) is 3.34. The molecule has 2 aliphatic rings. The Hall–Kier alpha value is -0.320. The van der Waals surface area contributed by atoms with Crippen molar-refractivity contribution in [2.75, 3.05) is 20.2 Å². The van der Waals surface area contributed by atoms with Gasteiger partial charge in [-0.05, 0) is 31.6 Å². The van der Waals surface area contributed by atoms with Gasteiger partial charge in [-0.25, -0.2) is 0 Å². The van der Waals surface area contributed by atoms with Gasteiger partial charge in [-0.1, -0.05) is 6.42 Å². The largest absolute Gasteiger partial charge is 0.380 e. The maximum Gasteiger partial charge on any atom is 0.225 e. The summed E-state index contributed by atoms with van der Waals surface area (Å²) in [5.74, 6) is 0.991. The first-order chi connectivity index (χ1) is 8.26. The zero-order valence-corrected chi connectivity index (χ0v) is 12.0. The predicted molar refractivity (Wildman–Crippen MR) is 73.8 cm³/mol. The molecule has 1 amide bonds. The maximum atomic E-state index is 12.3. The normalized spacial score (nSPS) is 28.4. The summed E-state index contributed by atoms with van der Waals surface area (Å²) in [6.07, 6.45) is 6.56. The smallest absolute Gasteiger partial charge is 0.225 e. The highest BCUT2D eigenvalue weighted by atomic mass is 35.5. The molecule has 1 aliphatic heterocycles. The number of hydrogen-bond acceptors (Lipinski definition) is 3. The van der Waals surface area contributed by atoms with E-state index in [2.05, 4.69) is 4.90 Å². The molecule has 1 heterocycles. The molecule has 1 saturated heterocycles. The minimum atomic E-state index is -0.121. The molecule has 5 heteroatoms. The van der Waals surface area contributed by atoms with Gasteiger partial charge in [0.15, 0.2) is 0 Å². The Morgan fingerprint density at radius 1 is 1.39 bits per heavy atom. The molecule has 18 heavy (non-hydrogen) atoms. The lowest BCUT2D eigenvalue weighted by Crippen LogP contribution is -2.47. The molecule has 0 radical (unpaired) electrons. The topological polar surface area (TPSA) is 55.6 Å². The summed E-state index contributed by atoms with van der Waals surface area (Å²) in [5, 5.41) is 0. The third-order valence-electron chi connectivity index (χ3n) is 4.31. The second-order valence-corrected chi connectivity index (χ2v) is 5.29.